The number of aromatic amines is 1. The first-order valence-corrected chi connectivity index (χ1v) is 7.62. The predicted molar refractivity (Wildman–Crippen MR) is 90.7 cm³/mol. The summed E-state index contributed by atoms with van der Waals surface area (Å²) in [6.45, 7) is 4.61. The summed E-state index contributed by atoms with van der Waals surface area (Å²) >= 11 is 0. The second-order valence-corrected chi connectivity index (χ2v) is 6.50. The Morgan fingerprint density at radius 3 is 2.68 bits per heavy atom. The fraction of sp³-hybridized carbons (Fsp3) is 0.263. The molecule has 1 atom stereocenters. The van der Waals surface area contributed by atoms with Crippen LogP contribution in [0.5, 0.6) is 5.75 Å². The van der Waals surface area contributed by atoms with Gasteiger partial charge in [0.2, 0.25) is 0 Å². The topological polar surface area (TPSA) is 37.0 Å². The number of hydrogen-bond donors (Lipinski definition) is 2. The highest BCUT2D eigenvalue weighted by Gasteiger charge is 2.40. The van der Waals surface area contributed by atoms with Crippen LogP contribution < -0.4 is 10.1 Å². The number of methoxy groups -OCH3 is 1. The number of rotatable bonds is 2. The van der Waals surface area contributed by atoms with Gasteiger partial charge in [-0.1, -0.05) is 32.0 Å². The van der Waals surface area contributed by atoms with Crippen molar-refractivity contribution in [2.24, 2.45) is 0 Å². The Kier molecular flexibility index (Phi) is 2.73. The maximum atomic E-state index is 5.31. The van der Waals surface area contributed by atoms with Gasteiger partial charge in [0.25, 0.3) is 0 Å². The zero-order chi connectivity index (χ0) is 15.3. The average molecular weight is 292 g/mol. The van der Waals surface area contributed by atoms with E-state index in [1.807, 2.05) is 12.1 Å². The lowest BCUT2D eigenvalue weighted by molar-refractivity contribution is 0.415. The van der Waals surface area contributed by atoms with E-state index in [0.29, 0.717) is 0 Å². The molecule has 4 rings (SSSR count). The van der Waals surface area contributed by atoms with E-state index in [0.717, 1.165) is 11.3 Å². The van der Waals surface area contributed by atoms with Crippen molar-refractivity contribution in [3.8, 4) is 5.75 Å². The molecule has 112 valence electrons. The highest BCUT2D eigenvalue weighted by Crippen LogP contribution is 2.49. The number of benzene rings is 2. The van der Waals surface area contributed by atoms with E-state index in [2.05, 4.69) is 60.7 Å². The van der Waals surface area contributed by atoms with Crippen LogP contribution in [0.2, 0.25) is 0 Å². The number of hydrogen-bond acceptors (Lipinski definition) is 2. The zero-order valence-electron chi connectivity index (χ0n) is 13.1. The van der Waals surface area contributed by atoms with Crippen molar-refractivity contribution in [2.75, 3.05) is 12.4 Å². The fourth-order valence-electron chi connectivity index (χ4n) is 3.62. The minimum absolute atomic E-state index is 0.0473. The summed E-state index contributed by atoms with van der Waals surface area (Å²) in [5.74, 6) is 0.878. The summed E-state index contributed by atoms with van der Waals surface area (Å²) in [5.41, 5.74) is 5.08. The van der Waals surface area contributed by atoms with Crippen molar-refractivity contribution >= 4 is 16.6 Å². The maximum absolute atomic E-state index is 5.31. The fourth-order valence-corrected chi connectivity index (χ4v) is 3.62. The molecule has 0 bridgehead atoms. The van der Waals surface area contributed by atoms with Gasteiger partial charge in [-0.05, 0) is 23.8 Å². The number of anilines is 1. The third-order valence-corrected chi connectivity index (χ3v) is 4.87. The normalized spacial score (nSPS) is 19.0. The van der Waals surface area contributed by atoms with Crippen LogP contribution in [0.15, 0.2) is 48.7 Å². The molecule has 0 aliphatic carbocycles. The molecule has 2 aromatic carbocycles. The Morgan fingerprint density at radius 2 is 1.91 bits per heavy atom. The molecule has 3 aromatic rings. The van der Waals surface area contributed by atoms with Crippen LogP contribution in [-0.2, 0) is 5.41 Å². The van der Waals surface area contributed by atoms with Crippen molar-refractivity contribution < 1.29 is 4.74 Å². The molecule has 1 aliphatic heterocycles. The van der Waals surface area contributed by atoms with Gasteiger partial charge in [0.15, 0.2) is 0 Å². The van der Waals surface area contributed by atoms with Gasteiger partial charge in [-0.3, -0.25) is 0 Å². The molecule has 0 saturated heterocycles. The monoisotopic (exact) mass is 292 g/mol. The Bertz CT molecular complexity index is 848. The van der Waals surface area contributed by atoms with E-state index < -0.39 is 0 Å². The number of aromatic nitrogens is 1. The standard InChI is InChI=1S/C19H20N2O/c1-19(2)15-6-4-5-7-16(15)21-18(19)14-11-20-17-10-12(22-3)8-9-13(14)17/h4-11,18,20-21H,1-3H3. The summed E-state index contributed by atoms with van der Waals surface area (Å²) in [5, 5.41) is 4.95. The minimum atomic E-state index is 0.0473. The molecule has 0 radical (unpaired) electrons. The van der Waals surface area contributed by atoms with Gasteiger partial charge in [-0.25, -0.2) is 0 Å². The van der Waals surface area contributed by atoms with E-state index in [-0.39, 0.29) is 11.5 Å². The SMILES string of the molecule is COc1ccc2c(C3Nc4ccccc4C3(C)C)c[nH]c2c1. The smallest absolute Gasteiger partial charge is 0.120 e. The Labute approximate surface area is 130 Å². The molecule has 3 nitrogen and oxygen atoms in total. The van der Waals surface area contributed by atoms with Crippen LogP contribution in [0.1, 0.15) is 31.0 Å². The third kappa shape index (κ3) is 1.75. The minimum Gasteiger partial charge on any atom is -0.497 e. The molecule has 0 fully saturated rings. The molecule has 0 saturated carbocycles. The molecule has 0 spiro atoms. The quantitative estimate of drug-likeness (QED) is 0.723. The summed E-state index contributed by atoms with van der Waals surface area (Å²) in [4.78, 5) is 3.38. The van der Waals surface area contributed by atoms with Crippen molar-refractivity contribution in [3.63, 3.8) is 0 Å². The van der Waals surface area contributed by atoms with Crippen LogP contribution in [-0.4, -0.2) is 12.1 Å². The summed E-state index contributed by atoms with van der Waals surface area (Å²) < 4.78 is 5.31. The van der Waals surface area contributed by atoms with E-state index in [4.69, 9.17) is 4.74 Å². The zero-order valence-corrected chi connectivity index (χ0v) is 13.1. The van der Waals surface area contributed by atoms with E-state index in [1.54, 1.807) is 7.11 Å². The molecule has 2 heterocycles. The van der Waals surface area contributed by atoms with Gasteiger partial charge >= 0.3 is 0 Å². The molecule has 3 heteroatoms. The first-order chi connectivity index (χ1) is 10.6. The first-order valence-electron chi connectivity index (χ1n) is 7.62. The van der Waals surface area contributed by atoms with Gasteiger partial charge in [0.05, 0.1) is 13.2 Å². The lowest BCUT2D eigenvalue weighted by Gasteiger charge is -2.27. The number of fused-ring (bicyclic) bond motifs is 2. The van der Waals surface area contributed by atoms with Crippen LogP contribution in [0.3, 0.4) is 0 Å². The summed E-state index contributed by atoms with van der Waals surface area (Å²) in [6.07, 6.45) is 2.12. The maximum Gasteiger partial charge on any atom is 0.120 e. The van der Waals surface area contributed by atoms with Crippen LogP contribution in [0.4, 0.5) is 5.69 Å². The van der Waals surface area contributed by atoms with Crippen LogP contribution in [0.25, 0.3) is 10.9 Å². The third-order valence-electron chi connectivity index (χ3n) is 4.87. The lowest BCUT2D eigenvalue weighted by Crippen LogP contribution is -2.25. The Morgan fingerprint density at radius 1 is 1.09 bits per heavy atom. The van der Waals surface area contributed by atoms with Gasteiger partial charge in [-0.15, -0.1) is 0 Å². The predicted octanol–water partition coefficient (Wildman–Crippen LogP) is 4.62. The van der Waals surface area contributed by atoms with Gasteiger partial charge in [-0.2, -0.15) is 0 Å². The molecule has 0 amide bonds. The molecule has 1 aromatic heterocycles. The molecule has 22 heavy (non-hydrogen) atoms. The van der Waals surface area contributed by atoms with E-state index in [9.17, 15) is 0 Å². The molecule has 2 N–H and O–H groups in total. The largest absolute Gasteiger partial charge is 0.497 e. The number of nitrogens with one attached hydrogen (secondary N) is 2. The number of para-hydroxylation sites is 1. The highest BCUT2D eigenvalue weighted by atomic mass is 16.5. The number of H-pyrrole nitrogens is 1. The molecule has 1 unspecified atom stereocenters. The average Bonchev–Trinajstić information content (AvgIpc) is 3.05. The number of ether oxygens (including phenoxy) is 1. The van der Waals surface area contributed by atoms with Crippen molar-refractivity contribution in [1.29, 1.82) is 0 Å². The van der Waals surface area contributed by atoms with Crippen molar-refractivity contribution in [3.05, 3.63) is 59.8 Å². The molecule has 1 aliphatic rings. The summed E-state index contributed by atoms with van der Waals surface area (Å²) in [7, 11) is 1.70. The highest BCUT2D eigenvalue weighted by molar-refractivity contribution is 5.86. The van der Waals surface area contributed by atoms with Crippen molar-refractivity contribution in [1.82, 2.24) is 4.98 Å². The molecular weight excluding hydrogens is 272 g/mol. The van der Waals surface area contributed by atoms with E-state index >= 15 is 0 Å². The molecular formula is C19H20N2O. The summed E-state index contributed by atoms with van der Waals surface area (Å²) in [6, 6.07) is 15.1. The van der Waals surface area contributed by atoms with Crippen molar-refractivity contribution in [2.45, 2.75) is 25.3 Å². The van der Waals surface area contributed by atoms with Gasteiger partial charge in [0.1, 0.15) is 5.75 Å². The Balaban J connectivity index is 1.84. The lowest BCUT2D eigenvalue weighted by atomic mass is 9.78. The van der Waals surface area contributed by atoms with Crippen LogP contribution in [0, 0.1) is 0 Å². The second kappa shape index (κ2) is 4.54. The van der Waals surface area contributed by atoms with E-state index in [1.165, 1.54) is 22.2 Å². The van der Waals surface area contributed by atoms with Gasteiger partial charge < -0.3 is 15.0 Å². The van der Waals surface area contributed by atoms with Gasteiger partial charge in [0, 0.05) is 39.8 Å². The second-order valence-electron chi connectivity index (χ2n) is 6.50. The Hall–Kier alpha value is -2.42. The van der Waals surface area contributed by atoms with Crippen LogP contribution >= 0.6 is 0 Å². The first kappa shape index (κ1) is 13.3.